The summed E-state index contributed by atoms with van der Waals surface area (Å²) in [7, 11) is 6.32. The Labute approximate surface area is 250 Å². The van der Waals surface area contributed by atoms with Crippen molar-refractivity contribution >= 4 is 23.5 Å². The highest BCUT2D eigenvalue weighted by atomic mass is 19.4. The monoisotopic (exact) mass is 618 g/mol. The lowest BCUT2D eigenvalue weighted by molar-refractivity contribution is -0.139. The second-order valence-corrected chi connectivity index (χ2v) is 10.5. The summed E-state index contributed by atoms with van der Waals surface area (Å²) in [6.45, 7) is 1.59. The van der Waals surface area contributed by atoms with Crippen LogP contribution in [0.15, 0.2) is 36.5 Å². The SMILES string of the molecule is COc1cc(C(=O)N[C@@H]2CCN(C)CC2OC)c(F)cc1Nc1ncc(C(F)(F)F)c(Oc2cccc3c2C(=O)N(C)C3)n1. The summed E-state index contributed by atoms with van der Waals surface area (Å²) in [6, 6.07) is 6.38. The van der Waals surface area contributed by atoms with Crippen molar-refractivity contribution < 1.29 is 41.4 Å². The van der Waals surface area contributed by atoms with Gasteiger partial charge in [-0.3, -0.25) is 9.59 Å². The van der Waals surface area contributed by atoms with E-state index >= 15 is 4.39 Å². The number of hydrogen-bond donors (Lipinski definition) is 2. The van der Waals surface area contributed by atoms with Gasteiger partial charge in [-0.2, -0.15) is 18.2 Å². The maximum Gasteiger partial charge on any atom is 0.423 e. The normalized spacial score (nSPS) is 18.6. The summed E-state index contributed by atoms with van der Waals surface area (Å²) in [5.41, 5.74) is -0.919. The number of alkyl halides is 3. The number of methoxy groups -OCH3 is 2. The van der Waals surface area contributed by atoms with Gasteiger partial charge in [0.2, 0.25) is 11.8 Å². The summed E-state index contributed by atoms with van der Waals surface area (Å²) >= 11 is 0. The summed E-state index contributed by atoms with van der Waals surface area (Å²) in [5, 5.41) is 5.45. The Kier molecular flexibility index (Phi) is 8.61. The summed E-state index contributed by atoms with van der Waals surface area (Å²) in [4.78, 5) is 36.7. The van der Waals surface area contributed by atoms with Gasteiger partial charge >= 0.3 is 6.18 Å². The molecular weight excluding hydrogens is 588 g/mol. The number of benzene rings is 2. The molecule has 2 aliphatic heterocycles. The van der Waals surface area contributed by atoms with Gasteiger partial charge in [0.15, 0.2) is 0 Å². The van der Waals surface area contributed by atoms with E-state index in [1.165, 1.54) is 31.3 Å². The first kappa shape index (κ1) is 30.9. The lowest BCUT2D eigenvalue weighted by Gasteiger charge is -2.36. The number of fused-ring (bicyclic) bond motifs is 1. The van der Waals surface area contributed by atoms with E-state index in [4.69, 9.17) is 14.2 Å². The molecule has 15 heteroatoms. The van der Waals surface area contributed by atoms with Gasteiger partial charge in [0.1, 0.15) is 22.9 Å². The molecule has 0 saturated carbocycles. The molecule has 11 nitrogen and oxygen atoms in total. The summed E-state index contributed by atoms with van der Waals surface area (Å²) in [6.07, 6.45) is -4.06. The Morgan fingerprint density at radius 2 is 1.91 bits per heavy atom. The second kappa shape index (κ2) is 12.2. The van der Waals surface area contributed by atoms with E-state index in [-0.39, 0.29) is 53.0 Å². The maximum atomic E-state index is 15.3. The fraction of sp³-hybridized carbons (Fsp3) is 0.379. The zero-order chi connectivity index (χ0) is 31.8. The van der Waals surface area contributed by atoms with E-state index in [9.17, 15) is 22.8 Å². The standard InChI is InChI=1S/C29H30F4N6O5/c1-38-9-8-19(23(14-38)43-4)35-25(40)16-10-22(42-3)20(11-18(16)30)36-28-34-12-17(29(31,32)33)26(37-28)44-21-7-5-6-15-13-39(2)27(41)24(15)21/h5-7,10-12,19,23H,8-9,13-14H2,1-4H3,(H,35,40)(H,34,36,37)/t19-,23?/m1/s1. The van der Waals surface area contributed by atoms with Crippen LogP contribution in [0, 0.1) is 5.82 Å². The number of hydrogen-bond acceptors (Lipinski definition) is 9. The first-order valence-electron chi connectivity index (χ1n) is 13.6. The number of amides is 2. The Balaban J connectivity index is 1.42. The van der Waals surface area contributed by atoms with Crippen molar-refractivity contribution in [3.63, 3.8) is 0 Å². The molecule has 234 valence electrons. The van der Waals surface area contributed by atoms with Crippen LogP contribution in [0.1, 0.15) is 38.3 Å². The van der Waals surface area contributed by atoms with Crippen LogP contribution in [0.3, 0.4) is 0 Å². The fourth-order valence-corrected chi connectivity index (χ4v) is 5.19. The number of nitrogens with one attached hydrogen (secondary N) is 2. The van der Waals surface area contributed by atoms with E-state index in [1.807, 2.05) is 7.05 Å². The molecule has 1 aromatic heterocycles. The first-order valence-corrected chi connectivity index (χ1v) is 13.6. The van der Waals surface area contributed by atoms with Crippen LogP contribution in [0.4, 0.5) is 29.2 Å². The van der Waals surface area contributed by atoms with Crippen LogP contribution >= 0.6 is 0 Å². The number of likely N-dealkylation sites (N-methyl/N-ethyl adjacent to an activating group) is 1. The van der Waals surface area contributed by atoms with Crippen molar-refractivity contribution in [2.75, 3.05) is 46.7 Å². The highest BCUT2D eigenvalue weighted by Crippen LogP contribution is 2.40. The number of carbonyl (C=O) groups is 2. The summed E-state index contributed by atoms with van der Waals surface area (Å²) < 4.78 is 73.3. The van der Waals surface area contributed by atoms with Gasteiger partial charge in [-0.25, -0.2) is 9.37 Å². The molecule has 1 saturated heterocycles. The van der Waals surface area contributed by atoms with Gasteiger partial charge in [-0.05, 0) is 37.7 Å². The topological polar surface area (TPSA) is 118 Å². The number of piperidine rings is 1. The zero-order valence-corrected chi connectivity index (χ0v) is 24.3. The molecule has 0 radical (unpaired) electrons. The molecule has 3 aromatic rings. The predicted molar refractivity (Wildman–Crippen MR) is 150 cm³/mol. The molecule has 0 aliphatic carbocycles. The third kappa shape index (κ3) is 6.24. The van der Waals surface area contributed by atoms with Crippen molar-refractivity contribution in [2.24, 2.45) is 0 Å². The number of carbonyl (C=O) groups excluding carboxylic acids is 2. The van der Waals surface area contributed by atoms with Gasteiger partial charge < -0.3 is 34.6 Å². The Morgan fingerprint density at radius 3 is 2.61 bits per heavy atom. The molecule has 2 atom stereocenters. The molecule has 2 aromatic carbocycles. The van der Waals surface area contributed by atoms with Crippen LogP contribution in [0.2, 0.25) is 0 Å². The van der Waals surface area contributed by atoms with Gasteiger partial charge in [-0.1, -0.05) is 12.1 Å². The van der Waals surface area contributed by atoms with Crippen LogP contribution in [0.5, 0.6) is 17.4 Å². The smallest absolute Gasteiger partial charge is 0.423 e. The summed E-state index contributed by atoms with van der Waals surface area (Å²) in [5.74, 6) is -3.36. The number of aromatic nitrogens is 2. The van der Waals surface area contributed by atoms with E-state index in [0.29, 0.717) is 24.7 Å². The molecule has 2 amide bonds. The zero-order valence-electron chi connectivity index (χ0n) is 24.3. The molecule has 1 unspecified atom stereocenters. The van der Waals surface area contributed by atoms with E-state index < -0.39 is 35.3 Å². The van der Waals surface area contributed by atoms with Crippen molar-refractivity contribution in [1.29, 1.82) is 0 Å². The minimum Gasteiger partial charge on any atom is -0.495 e. The molecule has 5 rings (SSSR count). The average molecular weight is 619 g/mol. The quantitative estimate of drug-likeness (QED) is 0.358. The third-order valence-electron chi connectivity index (χ3n) is 7.51. The van der Waals surface area contributed by atoms with Crippen LogP contribution < -0.4 is 20.1 Å². The van der Waals surface area contributed by atoms with Crippen LogP contribution in [-0.4, -0.2) is 85.1 Å². The number of ether oxygens (including phenoxy) is 3. The number of nitrogens with zero attached hydrogens (tertiary/aromatic N) is 4. The van der Waals surface area contributed by atoms with Gasteiger partial charge in [0.05, 0.1) is 36.1 Å². The molecule has 44 heavy (non-hydrogen) atoms. The van der Waals surface area contributed by atoms with Crippen LogP contribution in [-0.2, 0) is 17.5 Å². The lowest BCUT2D eigenvalue weighted by atomic mass is 10.0. The van der Waals surface area contributed by atoms with Crippen molar-refractivity contribution in [1.82, 2.24) is 25.1 Å². The highest BCUT2D eigenvalue weighted by molar-refractivity contribution is 6.01. The molecule has 3 heterocycles. The molecule has 2 aliphatic rings. The Bertz CT molecular complexity index is 1590. The number of anilines is 2. The molecule has 0 spiro atoms. The molecular formula is C29H30F4N6O5. The van der Waals surface area contributed by atoms with E-state index in [1.54, 1.807) is 19.2 Å². The lowest BCUT2D eigenvalue weighted by Crippen LogP contribution is -2.53. The maximum absolute atomic E-state index is 15.3. The minimum atomic E-state index is -4.89. The van der Waals surface area contributed by atoms with E-state index in [2.05, 4.69) is 25.5 Å². The predicted octanol–water partition coefficient (Wildman–Crippen LogP) is 4.21. The largest absolute Gasteiger partial charge is 0.495 e. The van der Waals surface area contributed by atoms with Crippen molar-refractivity contribution in [3.05, 3.63) is 64.6 Å². The number of likely N-dealkylation sites (tertiary alicyclic amines) is 1. The first-order chi connectivity index (χ1) is 20.9. The van der Waals surface area contributed by atoms with Crippen molar-refractivity contribution in [2.45, 2.75) is 31.3 Å². The molecule has 1 fully saturated rings. The van der Waals surface area contributed by atoms with E-state index in [0.717, 1.165) is 12.6 Å². The van der Waals surface area contributed by atoms with Gasteiger partial charge in [0, 0.05) is 39.5 Å². The van der Waals surface area contributed by atoms with Crippen molar-refractivity contribution in [3.8, 4) is 17.4 Å². The van der Waals surface area contributed by atoms with Gasteiger partial charge in [-0.15, -0.1) is 0 Å². The highest BCUT2D eigenvalue weighted by Gasteiger charge is 2.38. The molecule has 0 bridgehead atoms. The number of halogens is 4. The third-order valence-corrected chi connectivity index (χ3v) is 7.51. The van der Waals surface area contributed by atoms with Crippen LogP contribution in [0.25, 0.3) is 0 Å². The Morgan fingerprint density at radius 1 is 1.14 bits per heavy atom. The fourth-order valence-electron chi connectivity index (χ4n) is 5.19. The van der Waals surface area contributed by atoms with Gasteiger partial charge in [0.25, 0.3) is 11.8 Å². The second-order valence-electron chi connectivity index (χ2n) is 10.5. The Hall–Kier alpha value is -4.50. The average Bonchev–Trinajstić information content (AvgIpc) is 3.27. The number of rotatable bonds is 8. The molecule has 2 N–H and O–H groups in total. The minimum absolute atomic E-state index is 0.00342.